The first kappa shape index (κ1) is 11.5. The minimum absolute atomic E-state index is 0.139. The fraction of sp³-hybridized carbons (Fsp3) is 0.455. The van der Waals surface area contributed by atoms with E-state index >= 15 is 0 Å². The number of nitrogens with zero attached hydrogens (tertiary/aromatic N) is 1. The first-order valence-electron chi connectivity index (χ1n) is 5.33. The van der Waals surface area contributed by atoms with Crippen LogP contribution in [-0.4, -0.2) is 25.3 Å². The maximum atomic E-state index is 12.7. The first-order valence-corrected chi connectivity index (χ1v) is 6.77. The highest BCUT2D eigenvalue weighted by atomic mass is 32.2. The molecule has 16 heavy (non-hydrogen) atoms. The number of benzene rings is 1. The molecule has 2 rings (SSSR count). The van der Waals surface area contributed by atoms with Crippen LogP contribution in [-0.2, 0) is 10.0 Å². The molecule has 0 aromatic heterocycles. The first-order chi connectivity index (χ1) is 7.55. The van der Waals surface area contributed by atoms with E-state index < -0.39 is 15.8 Å². The molecule has 1 fully saturated rings. The molecule has 88 valence electrons. The molecule has 0 amide bonds. The second-order valence-electron chi connectivity index (χ2n) is 3.97. The fourth-order valence-corrected chi connectivity index (χ4v) is 3.38. The van der Waals surface area contributed by atoms with Crippen LogP contribution in [0.2, 0.25) is 0 Å². The summed E-state index contributed by atoms with van der Waals surface area (Å²) >= 11 is 0. The Hall–Kier alpha value is -0.940. The lowest BCUT2D eigenvalue weighted by atomic mass is 10.3. The van der Waals surface area contributed by atoms with Crippen LogP contribution in [0.3, 0.4) is 0 Å². The van der Waals surface area contributed by atoms with Gasteiger partial charge in [-0.3, -0.25) is 0 Å². The van der Waals surface area contributed by atoms with E-state index in [2.05, 4.69) is 0 Å². The number of hydrogen-bond acceptors (Lipinski definition) is 2. The zero-order valence-corrected chi connectivity index (χ0v) is 9.87. The summed E-state index contributed by atoms with van der Waals surface area (Å²) in [5, 5.41) is 0. The highest BCUT2D eigenvalue weighted by Gasteiger charge is 2.43. The number of hydrogen-bond donors (Lipinski definition) is 0. The molecule has 2 atom stereocenters. The van der Waals surface area contributed by atoms with Crippen molar-refractivity contribution < 1.29 is 12.8 Å². The molecular weight excluding hydrogens is 229 g/mol. The summed E-state index contributed by atoms with van der Waals surface area (Å²) < 4.78 is 38.1. The lowest BCUT2D eigenvalue weighted by Crippen LogP contribution is -2.14. The SMILES string of the molecule is CCCC1CN1S(=O)(=O)c1ccc(F)cc1. The van der Waals surface area contributed by atoms with Crippen molar-refractivity contribution >= 4 is 10.0 Å². The van der Waals surface area contributed by atoms with Crippen molar-refractivity contribution in [2.45, 2.75) is 30.7 Å². The fourth-order valence-electron chi connectivity index (χ4n) is 1.77. The molecule has 0 aliphatic carbocycles. The summed E-state index contributed by atoms with van der Waals surface area (Å²) in [6, 6.07) is 5.11. The summed E-state index contributed by atoms with van der Waals surface area (Å²) in [5.41, 5.74) is 0. The van der Waals surface area contributed by atoms with Gasteiger partial charge in [0.2, 0.25) is 10.0 Å². The maximum Gasteiger partial charge on any atom is 0.243 e. The lowest BCUT2D eigenvalue weighted by Gasteiger charge is -2.05. The highest BCUT2D eigenvalue weighted by Crippen LogP contribution is 2.30. The van der Waals surface area contributed by atoms with Gasteiger partial charge in [-0.25, -0.2) is 12.8 Å². The molecule has 5 heteroatoms. The molecule has 0 spiro atoms. The van der Waals surface area contributed by atoms with E-state index in [0.29, 0.717) is 6.54 Å². The standard InChI is InChI=1S/C11H14FNO2S/c1-2-3-10-8-13(10)16(14,15)11-6-4-9(12)5-7-11/h4-7,10H,2-3,8H2,1H3. The van der Waals surface area contributed by atoms with E-state index in [1.165, 1.54) is 28.6 Å². The van der Waals surface area contributed by atoms with Crippen molar-refractivity contribution in [1.29, 1.82) is 0 Å². The number of halogens is 1. The quantitative estimate of drug-likeness (QED) is 0.758. The van der Waals surface area contributed by atoms with Gasteiger partial charge in [-0.1, -0.05) is 13.3 Å². The number of sulfonamides is 1. The summed E-state index contributed by atoms with van der Waals surface area (Å²) in [7, 11) is -3.39. The van der Waals surface area contributed by atoms with Gasteiger partial charge in [0.25, 0.3) is 0 Å². The lowest BCUT2D eigenvalue weighted by molar-refractivity contribution is 0.545. The van der Waals surface area contributed by atoms with Crippen molar-refractivity contribution in [2.75, 3.05) is 6.54 Å². The highest BCUT2D eigenvalue weighted by molar-refractivity contribution is 7.89. The molecule has 0 radical (unpaired) electrons. The third kappa shape index (κ3) is 2.10. The Kier molecular flexibility index (Phi) is 2.99. The van der Waals surface area contributed by atoms with Gasteiger partial charge in [0, 0.05) is 12.6 Å². The summed E-state index contributed by atoms with van der Waals surface area (Å²) in [4.78, 5) is 0.174. The Morgan fingerprint density at radius 2 is 2.00 bits per heavy atom. The van der Waals surface area contributed by atoms with E-state index in [1.54, 1.807) is 0 Å². The van der Waals surface area contributed by atoms with Gasteiger partial charge in [-0.2, -0.15) is 4.31 Å². The van der Waals surface area contributed by atoms with Crippen LogP contribution in [0.25, 0.3) is 0 Å². The average molecular weight is 243 g/mol. The molecule has 1 aromatic rings. The minimum Gasteiger partial charge on any atom is -0.207 e. The third-order valence-corrected chi connectivity index (χ3v) is 4.64. The second kappa shape index (κ2) is 4.14. The topological polar surface area (TPSA) is 37.1 Å². The predicted octanol–water partition coefficient (Wildman–Crippen LogP) is 2.00. The van der Waals surface area contributed by atoms with Gasteiger partial charge in [0.15, 0.2) is 0 Å². The predicted molar refractivity (Wildman–Crippen MR) is 59.0 cm³/mol. The molecule has 2 unspecified atom stereocenters. The molecular formula is C11H14FNO2S. The van der Waals surface area contributed by atoms with Crippen molar-refractivity contribution in [3.63, 3.8) is 0 Å². The Bertz CT molecular complexity index is 469. The van der Waals surface area contributed by atoms with Crippen LogP contribution in [0.15, 0.2) is 29.2 Å². The van der Waals surface area contributed by atoms with Gasteiger partial charge in [-0.05, 0) is 30.7 Å². The molecule has 1 saturated heterocycles. The molecule has 0 saturated carbocycles. The van der Waals surface area contributed by atoms with Crippen LogP contribution >= 0.6 is 0 Å². The monoisotopic (exact) mass is 243 g/mol. The molecule has 0 N–H and O–H groups in total. The third-order valence-electron chi connectivity index (χ3n) is 2.71. The Morgan fingerprint density at radius 3 is 2.56 bits per heavy atom. The maximum absolute atomic E-state index is 12.7. The molecule has 1 aromatic carbocycles. The zero-order chi connectivity index (χ0) is 11.8. The molecule has 1 aliphatic heterocycles. The van der Waals surface area contributed by atoms with E-state index in [0.717, 1.165) is 12.8 Å². The molecule has 1 aliphatic rings. The van der Waals surface area contributed by atoms with Crippen LogP contribution in [0.1, 0.15) is 19.8 Å². The van der Waals surface area contributed by atoms with E-state index in [1.807, 2.05) is 6.92 Å². The van der Waals surface area contributed by atoms with Crippen molar-refractivity contribution in [3.8, 4) is 0 Å². The minimum atomic E-state index is -3.39. The Morgan fingerprint density at radius 1 is 1.38 bits per heavy atom. The van der Waals surface area contributed by atoms with E-state index in [4.69, 9.17) is 0 Å². The van der Waals surface area contributed by atoms with Crippen molar-refractivity contribution in [2.24, 2.45) is 0 Å². The zero-order valence-electron chi connectivity index (χ0n) is 9.06. The van der Waals surface area contributed by atoms with Gasteiger partial charge in [0.05, 0.1) is 4.90 Å². The van der Waals surface area contributed by atoms with Gasteiger partial charge in [0.1, 0.15) is 5.82 Å². The van der Waals surface area contributed by atoms with Crippen LogP contribution in [0, 0.1) is 5.82 Å². The van der Waals surface area contributed by atoms with E-state index in [-0.39, 0.29) is 10.9 Å². The van der Waals surface area contributed by atoms with Gasteiger partial charge >= 0.3 is 0 Å². The Balaban J connectivity index is 2.18. The van der Waals surface area contributed by atoms with Crippen LogP contribution < -0.4 is 0 Å². The summed E-state index contributed by atoms with van der Waals surface area (Å²) in [6.45, 7) is 2.62. The van der Waals surface area contributed by atoms with Crippen LogP contribution in [0.4, 0.5) is 4.39 Å². The largest absolute Gasteiger partial charge is 0.243 e. The molecule has 3 nitrogen and oxygen atoms in total. The number of rotatable bonds is 4. The normalized spacial score (nSPS) is 24.4. The Labute approximate surface area is 94.9 Å². The molecule has 0 bridgehead atoms. The average Bonchev–Trinajstić information content (AvgIpc) is 2.99. The summed E-state index contributed by atoms with van der Waals surface area (Å²) in [6.07, 6.45) is 1.86. The van der Waals surface area contributed by atoms with E-state index in [9.17, 15) is 12.8 Å². The van der Waals surface area contributed by atoms with Crippen molar-refractivity contribution in [3.05, 3.63) is 30.1 Å². The van der Waals surface area contributed by atoms with Crippen LogP contribution in [0.5, 0.6) is 0 Å². The molecule has 1 heterocycles. The van der Waals surface area contributed by atoms with Gasteiger partial charge in [-0.15, -0.1) is 0 Å². The smallest absolute Gasteiger partial charge is 0.207 e. The second-order valence-corrected chi connectivity index (χ2v) is 5.86. The summed E-state index contributed by atoms with van der Waals surface area (Å²) in [5.74, 6) is -0.421. The van der Waals surface area contributed by atoms with Crippen molar-refractivity contribution in [1.82, 2.24) is 4.31 Å². The van der Waals surface area contributed by atoms with Gasteiger partial charge < -0.3 is 0 Å².